The zero-order valence-electron chi connectivity index (χ0n) is 16.4. The van der Waals surface area contributed by atoms with E-state index in [1.54, 1.807) is 7.11 Å². The number of nitrogens with one attached hydrogen (secondary N) is 3. The molecule has 0 amide bonds. The molecule has 28 heavy (non-hydrogen) atoms. The molecule has 0 aliphatic rings. The summed E-state index contributed by atoms with van der Waals surface area (Å²) in [7, 11) is 1.73. The molecule has 0 saturated carbocycles. The minimum absolute atomic E-state index is 0. The number of rotatable bonds is 8. The summed E-state index contributed by atoms with van der Waals surface area (Å²) in [5, 5.41) is 8.01. The molecule has 3 aromatic rings. The Labute approximate surface area is 184 Å². The second kappa shape index (κ2) is 11.7. The van der Waals surface area contributed by atoms with Crippen LogP contribution >= 0.6 is 24.0 Å². The van der Waals surface area contributed by atoms with Gasteiger partial charge in [-0.25, -0.2) is 0 Å². The van der Waals surface area contributed by atoms with Gasteiger partial charge >= 0.3 is 0 Å². The SMILES string of the molecule is CCNC(=NCC(OC)c1ccccc1)NCCc1c[nH]c2ccccc12.I. The average molecular weight is 492 g/mol. The predicted molar refractivity (Wildman–Crippen MR) is 128 cm³/mol. The third kappa shape index (κ3) is 5.97. The summed E-state index contributed by atoms with van der Waals surface area (Å²) in [5.41, 5.74) is 3.63. The van der Waals surface area contributed by atoms with E-state index >= 15 is 0 Å². The van der Waals surface area contributed by atoms with Crippen molar-refractivity contribution < 1.29 is 4.74 Å². The third-order valence-electron chi connectivity index (χ3n) is 4.58. The fraction of sp³-hybridized carbons (Fsp3) is 0.318. The van der Waals surface area contributed by atoms with Crippen LogP contribution in [0.1, 0.15) is 24.2 Å². The Kier molecular flexibility index (Phi) is 9.30. The van der Waals surface area contributed by atoms with E-state index in [1.165, 1.54) is 16.5 Å². The molecule has 0 aliphatic heterocycles. The lowest BCUT2D eigenvalue weighted by Gasteiger charge is -2.16. The largest absolute Gasteiger partial charge is 0.375 e. The van der Waals surface area contributed by atoms with Crippen molar-refractivity contribution in [2.45, 2.75) is 19.4 Å². The van der Waals surface area contributed by atoms with Crippen LogP contribution in [0.3, 0.4) is 0 Å². The van der Waals surface area contributed by atoms with Crippen molar-refractivity contribution in [2.75, 3.05) is 26.7 Å². The van der Waals surface area contributed by atoms with Crippen molar-refractivity contribution >= 4 is 40.8 Å². The molecule has 0 spiro atoms. The minimum atomic E-state index is -0.0460. The monoisotopic (exact) mass is 492 g/mol. The first-order valence-corrected chi connectivity index (χ1v) is 9.46. The van der Waals surface area contributed by atoms with Crippen LogP contribution in [0.25, 0.3) is 10.9 Å². The smallest absolute Gasteiger partial charge is 0.191 e. The maximum absolute atomic E-state index is 5.61. The number of ether oxygens (including phenoxy) is 1. The maximum atomic E-state index is 5.61. The van der Waals surface area contributed by atoms with E-state index in [-0.39, 0.29) is 30.1 Å². The Balaban J connectivity index is 0.00000280. The van der Waals surface area contributed by atoms with Gasteiger partial charge < -0.3 is 20.4 Å². The Morgan fingerprint density at radius 2 is 1.82 bits per heavy atom. The van der Waals surface area contributed by atoms with Crippen LogP contribution < -0.4 is 10.6 Å². The van der Waals surface area contributed by atoms with Gasteiger partial charge in [-0.15, -0.1) is 24.0 Å². The third-order valence-corrected chi connectivity index (χ3v) is 4.58. The summed E-state index contributed by atoms with van der Waals surface area (Å²) in [5.74, 6) is 0.815. The first-order valence-electron chi connectivity index (χ1n) is 9.46. The normalized spacial score (nSPS) is 12.4. The zero-order valence-corrected chi connectivity index (χ0v) is 18.8. The first kappa shape index (κ1) is 22.2. The molecule has 0 saturated heterocycles. The number of nitrogens with zero attached hydrogens (tertiary/aromatic N) is 1. The number of para-hydroxylation sites is 1. The number of H-pyrrole nitrogens is 1. The van der Waals surface area contributed by atoms with Crippen LogP contribution in [-0.4, -0.2) is 37.7 Å². The van der Waals surface area contributed by atoms with Crippen molar-refractivity contribution in [2.24, 2.45) is 4.99 Å². The number of hydrogen-bond acceptors (Lipinski definition) is 2. The molecule has 3 N–H and O–H groups in total. The highest BCUT2D eigenvalue weighted by atomic mass is 127. The van der Waals surface area contributed by atoms with Crippen molar-refractivity contribution in [3.63, 3.8) is 0 Å². The van der Waals surface area contributed by atoms with E-state index in [9.17, 15) is 0 Å². The van der Waals surface area contributed by atoms with Gasteiger partial charge in [0.05, 0.1) is 6.54 Å². The standard InChI is InChI=1S/C22H28N4O.HI/c1-3-23-22(26-16-21(27-2)17-9-5-4-6-10-17)24-14-13-18-15-25-20-12-8-7-11-19(18)20;/h4-12,15,21,25H,3,13-14,16H2,1-2H3,(H2,23,24,26);1H. The molecule has 0 radical (unpaired) electrons. The first-order chi connectivity index (χ1) is 13.3. The number of aromatic amines is 1. The number of hydrogen-bond donors (Lipinski definition) is 3. The summed E-state index contributed by atoms with van der Waals surface area (Å²) in [6, 6.07) is 18.6. The quantitative estimate of drug-likeness (QED) is 0.250. The lowest BCUT2D eigenvalue weighted by Crippen LogP contribution is -2.38. The zero-order chi connectivity index (χ0) is 18.9. The molecule has 3 rings (SSSR count). The van der Waals surface area contributed by atoms with Crippen LogP contribution in [-0.2, 0) is 11.2 Å². The van der Waals surface area contributed by atoms with E-state index in [4.69, 9.17) is 9.73 Å². The number of fused-ring (bicyclic) bond motifs is 1. The van der Waals surface area contributed by atoms with E-state index < -0.39 is 0 Å². The molecular weight excluding hydrogens is 463 g/mol. The second-order valence-corrected chi connectivity index (χ2v) is 6.39. The Bertz CT molecular complexity index is 863. The summed E-state index contributed by atoms with van der Waals surface area (Å²) in [4.78, 5) is 8.03. The lowest BCUT2D eigenvalue weighted by molar-refractivity contribution is 0.111. The van der Waals surface area contributed by atoms with Gasteiger partial charge in [-0.3, -0.25) is 4.99 Å². The van der Waals surface area contributed by atoms with Gasteiger partial charge in [0.15, 0.2) is 5.96 Å². The fourth-order valence-electron chi connectivity index (χ4n) is 3.15. The maximum Gasteiger partial charge on any atom is 0.191 e. The van der Waals surface area contributed by atoms with Gasteiger partial charge in [0.25, 0.3) is 0 Å². The Morgan fingerprint density at radius 3 is 2.57 bits per heavy atom. The molecule has 0 fully saturated rings. The van der Waals surface area contributed by atoms with Crippen molar-refractivity contribution in [1.29, 1.82) is 0 Å². The number of guanidine groups is 1. The van der Waals surface area contributed by atoms with Gasteiger partial charge in [0, 0.05) is 37.3 Å². The van der Waals surface area contributed by atoms with Crippen LogP contribution in [0.4, 0.5) is 0 Å². The van der Waals surface area contributed by atoms with E-state index in [0.29, 0.717) is 6.54 Å². The average Bonchev–Trinajstić information content (AvgIpc) is 3.12. The molecule has 1 unspecified atom stereocenters. The Hall–Kier alpha value is -2.06. The number of methoxy groups -OCH3 is 1. The number of aromatic nitrogens is 1. The highest BCUT2D eigenvalue weighted by Crippen LogP contribution is 2.18. The molecule has 6 heteroatoms. The Morgan fingerprint density at radius 1 is 1.07 bits per heavy atom. The van der Waals surface area contributed by atoms with E-state index in [2.05, 4.69) is 65.1 Å². The van der Waals surface area contributed by atoms with Crippen LogP contribution in [0, 0.1) is 0 Å². The van der Waals surface area contributed by atoms with Gasteiger partial charge in [0.2, 0.25) is 0 Å². The summed E-state index contributed by atoms with van der Waals surface area (Å²) < 4.78 is 5.61. The molecule has 1 heterocycles. The summed E-state index contributed by atoms with van der Waals surface area (Å²) in [6.07, 6.45) is 2.98. The van der Waals surface area contributed by atoms with Crippen molar-refractivity contribution in [3.8, 4) is 0 Å². The van der Waals surface area contributed by atoms with Gasteiger partial charge in [-0.2, -0.15) is 0 Å². The molecule has 1 atom stereocenters. The summed E-state index contributed by atoms with van der Waals surface area (Å²) in [6.45, 7) is 4.28. The molecule has 2 aromatic carbocycles. The molecule has 0 aliphatic carbocycles. The molecule has 5 nitrogen and oxygen atoms in total. The van der Waals surface area contributed by atoms with Crippen molar-refractivity contribution in [3.05, 3.63) is 71.9 Å². The molecule has 1 aromatic heterocycles. The van der Waals surface area contributed by atoms with Crippen LogP contribution in [0.2, 0.25) is 0 Å². The number of halogens is 1. The summed E-state index contributed by atoms with van der Waals surface area (Å²) >= 11 is 0. The van der Waals surface area contributed by atoms with Crippen molar-refractivity contribution in [1.82, 2.24) is 15.6 Å². The topological polar surface area (TPSA) is 61.4 Å². The molecule has 150 valence electrons. The minimum Gasteiger partial charge on any atom is -0.375 e. The second-order valence-electron chi connectivity index (χ2n) is 6.39. The van der Waals surface area contributed by atoms with E-state index in [1.807, 2.05) is 18.2 Å². The van der Waals surface area contributed by atoms with Crippen LogP contribution in [0.15, 0.2) is 65.8 Å². The fourth-order valence-corrected chi connectivity index (χ4v) is 3.15. The van der Waals surface area contributed by atoms with Gasteiger partial charge in [0.1, 0.15) is 6.10 Å². The molecular formula is C22H29IN4O. The number of aliphatic imine (C=N–C) groups is 1. The van der Waals surface area contributed by atoms with E-state index in [0.717, 1.165) is 31.0 Å². The predicted octanol–water partition coefficient (Wildman–Crippen LogP) is 4.27. The lowest BCUT2D eigenvalue weighted by atomic mass is 10.1. The number of benzene rings is 2. The van der Waals surface area contributed by atoms with Gasteiger partial charge in [-0.1, -0.05) is 48.5 Å². The highest BCUT2D eigenvalue weighted by Gasteiger charge is 2.10. The highest BCUT2D eigenvalue weighted by molar-refractivity contribution is 14.0. The molecule has 0 bridgehead atoms. The van der Waals surface area contributed by atoms with Crippen LogP contribution in [0.5, 0.6) is 0 Å². The van der Waals surface area contributed by atoms with Gasteiger partial charge in [-0.05, 0) is 30.5 Å².